The Morgan fingerprint density at radius 1 is 0.842 bits per heavy atom. The van der Waals surface area contributed by atoms with Gasteiger partial charge in [0.1, 0.15) is 0 Å². The summed E-state index contributed by atoms with van der Waals surface area (Å²) in [6, 6.07) is 0. The minimum Gasteiger partial charge on any atom is -0.480 e. The van der Waals surface area contributed by atoms with Crippen molar-refractivity contribution in [3.8, 4) is 0 Å². The number of carbonyl (C=O) groups is 3. The SMILES string of the molecule is O=C(O)C(C(C(=O)O)(C(=O)O)S(=O)(=O)O)S(=O)(=O)O. The molecule has 19 heavy (non-hydrogen) atoms. The maximum atomic E-state index is 10.9. The molecule has 0 aliphatic carbocycles. The molecule has 12 nitrogen and oxygen atoms in total. The summed E-state index contributed by atoms with van der Waals surface area (Å²) in [6.07, 6.45) is 0. The molecule has 0 aromatic heterocycles. The Balaban J connectivity index is 6.88. The van der Waals surface area contributed by atoms with E-state index >= 15 is 0 Å². The fourth-order valence-corrected chi connectivity index (χ4v) is 3.60. The fourth-order valence-electron chi connectivity index (χ4n) is 1.18. The van der Waals surface area contributed by atoms with E-state index in [0.29, 0.717) is 0 Å². The summed E-state index contributed by atoms with van der Waals surface area (Å²) in [5.41, 5.74) is 0. The average Bonchev–Trinajstić information content (AvgIpc) is 2.06. The van der Waals surface area contributed by atoms with Crippen molar-refractivity contribution in [2.45, 2.75) is 10.00 Å². The van der Waals surface area contributed by atoms with Crippen LogP contribution < -0.4 is 0 Å². The van der Waals surface area contributed by atoms with E-state index in [1.807, 2.05) is 0 Å². The van der Waals surface area contributed by atoms with Gasteiger partial charge in [-0.1, -0.05) is 0 Å². The first-order valence-electron chi connectivity index (χ1n) is 3.83. The van der Waals surface area contributed by atoms with Gasteiger partial charge in [-0.3, -0.25) is 13.9 Å². The smallest absolute Gasteiger partial charge is 0.341 e. The third kappa shape index (κ3) is 2.65. The second-order valence-electron chi connectivity index (χ2n) is 3.05. The number of hydrogen-bond donors (Lipinski definition) is 5. The molecule has 0 fully saturated rings. The second-order valence-corrected chi connectivity index (χ2v) is 6.15. The van der Waals surface area contributed by atoms with E-state index in [-0.39, 0.29) is 0 Å². The largest absolute Gasteiger partial charge is 0.480 e. The molecular weight excluding hydrogens is 316 g/mol. The van der Waals surface area contributed by atoms with E-state index in [2.05, 4.69) is 0 Å². The van der Waals surface area contributed by atoms with Gasteiger partial charge in [0.05, 0.1) is 0 Å². The molecule has 0 saturated heterocycles. The molecular formula is C5H6O12S2. The van der Waals surface area contributed by atoms with Gasteiger partial charge in [0.15, 0.2) is 0 Å². The molecule has 14 heteroatoms. The molecule has 0 aromatic carbocycles. The molecule has 0 aliphatic rings. The van der Waals surface area contributed by atoms with E-state index in [1.165, 1.54) is 0 Å². The lowest BCUT2D eigenvalue weighted by atomic mass is 10.0. The fraction of sp³-hybridized carbons (Fsp3) is 0.400. The van der Waals surface area contributed by atoms with Crippen molar-refractivity contribution in [3.63, 3.8) is 0 Å². The Hall–Kier alpha value is -1.77. The van der Waals surface area contributed by atoms with Crippen LogP contribution in [-0.4, -0.2) is 69.2 Å². The van der Waals surface area contributed by atoms with E-state index in [1.54, 1.807) is 0 Å². The van der Waals surface area contributed by atoms with Crippen LogP contribution in [0.3, 0.4) is 0 Å². The topological polar surface area (TPSA) is 221 Å². The van der Waals surface area contributed by atoms with Gasteiger partial charge < -0.3 is 15.3 Å². The van der Waals surface area contributed by atoms with Gasteiger partial charge in [0.2, 0.25) is 5.25 Å². The van der Waals surface area contributed by atoms with Crippen LogP contribution in [0.2, 0.25) is 0 Å². The van der Waals surface area contributed by atoms with Gasteiger partial charge in [-0.25, -0.2) is 9.59 Å². The zero-order valence-electron chi connectivity index (χ0n) is 8.49. The van der Waals surface area contributed by atoms with E-state index < -0.39 is 48.1 Å². The van der Waals surface area contributed by atoms with Crippen molar-refractivity contribution in [2.75, 3.05) is 0 Å². The van der Waals surface area contributed by atoms with Crippen molar-refractivity contribution >= 4 is 38.1 Å². The highest BCUT2D eigenvalue weighted by molar-refractivity contribution is 7.93. The Morgan fingerprint density at radius 3 is 1.21 bits per heavy atom. The zero-order valence-corrected chi connectivity index (χ0v) is 10.1. The summed E-state index contributed by atoms with van der Waals surface area (Å²) in [4.78, 5) is 32.1. The number of carboxylic acid groups (broad SMARTS) is 3. The van der Waals surface area contributed by atoms with Crippen LogP contribution in [0.25, 0.3) is 0 Å². The first kappa shape index (κ1) is 17.2. The second kappa shape index (κ2) is 4.72. The van der Waals surface area contributed by atoms with Gasteiger partial charge >= 0.3 is 22.7 Å². The molecule has 0 aromatic rings. The maximum absolute atomic E-state index is 10.9. The van der Waals surface area contributed by atoms with Crippen LogP contribution in [0.1, 0.15) is 0 Å². The Kier molecular flexibility index (Phi) is 4.28. The first-order chi connectivity index (χ1) is 8.20. The lowest BCUT2D eigenvalue weighted by molar-refractivity contribution is -0.156. The summed E-state index contributed by atoms with van der Waals surface area (Å²) in [5, 5.41) is 21.7. The van der Waals surface area contributed by atoms with Crippen molar-refractivity contribution in [2.24, 2.45) is 0 Å². The van der Waals surface area contributed by atoms with Crippen LogP contribution in [0.15, 0.2) is 0 Å². The van der Waals surface area contributed by atoms with Gasteiger partial charge in [-0.15, -0.1) is 0 Å². The minimum absolute atomic E-state index is 2.80. The highest BCUT2D eigenvalue weighted by Crippen LogP contribution is 2.28. The summed E-state index contributed by atoms with van der Waals surface area (Å²) in [6.45, 7) is 0. The van der Waals surface area contributed by atoms with E-state index in [0.717, 1.165) is 0 Å². The number of rotatable bonds is 6. The van der Waals surface area contributed by atoms with Crippen molar-refractivity contribution in [1.29, 1.82) is 0 Å². The molecule has 0 spiro atoms. The van der Waals surface area contributed by atoms with Gasteiger partial charge in [-0.05, 0) is 0 Å². The van der Waals surface area contributed by atoms with Gasteiger partial charge in [0.25, 0.3) is 20.2 Å². The summed E-state index contributed by atoms with van der Waals surface area (Å²) < 4.78 is 55.7. The summed E-state index contributed by atoms with van der Waals surface area (Å²) >= 11 is 0. The maximum Gasteiger partial charge on any atom is 0.341 e. The Bertz CT molecular complexity index is 609. The van der Waals surface area contributed by atoms with Crippen molar-refractivity contribution in [1.82, 2.24) is 0 Å². The predicted octanol–water partition coefficient (Wildman–Crippen LogP) is -2.88. The third-order valence-corrected chi connectivity index (χ3v) is 4.63. The molecule has 0 bridgehead atoms. The van der Waals surface area contributed by atoms with Crippen LogP contribution >= 0.6 is 0 Å². The molecule has 0 amide bonds. The average molecular weight is 322 g/mol. The lowest BCUT2D eigenvalue weighted by Gasteiger charge is -2.25. The minimum atomic E-state index is -6.27. The number of hydrogen-bond acceptors (Lipinski definition) is 7. The molecule has 1 unspecified atom stereocenters. The predicted molar refractivity (Wildman–Crippen MR) is 52.5 cm³/mol. The molecule has 0 aliphatic heterocycles. The molecule has 0 heterocycles. The zero-order chi connectivity index (χ0) is 15.8. The van der Waals surface area contributed by atoms with Crippen LogP contribution in [0.4, 0.5) is 0 Å². The highest BCUT2D eigenvalue weighted by Gasteiger charge is 2.71. The molecule has 0 radical (unpaired) electrons. The van der Waals surface area contributed by atoms with Crippen molar-refractivity contribution in [3.05, 3.63) is 0 Å². The van der Waals surface area contributed by atoms with Gasteiger partial charge in [0, 0.05) is 0 Å². The Morgan fingerprint density at radius 2 is 1.16 bits per heavy atom. The molecule has 0 saturated carbocycles. The van der Waals surface area contributed by atoms with Crippen LogP contribution in [0, 0.1) is 0 Å². The molecule has 110 valence electrons. The summed E-state index contributed by atoms with van der Waals surface area (Å²) in [7, 11) is -12.3. The molecule has 5 N–H and O–H groups in total. The van der Waals surface area contributed by atoms with E-state index in [9.17, 15) is 31.2 Å². The Labute approximate surface area is 104 Å². The van der Waals surface area contributed by atoms with Gasteiger partial charge in [-0.2, -0.15) is 16.8 Å². The van der Waals surface area contributed by atoms with Crippen molar-refractivity contribution < 1.29 is 55.6 Å². The highest BCUT2D eigenvalue weighted by atomic mass is 32.2. The first-order valence-corrected chi connectivity index (χ1v) is 6.78. The standard InChI is InChI=1S/C5H6O12S2/c6-2(7)1(18(12,13)14)5(3(8)9,4(10)11)19(15,16)17/h1H,(H,6,7)(H,8,9)(H,10,11)(H,12,13,14)(H,15,16,17). The van der Waals surface area contributed by atoms with Crippen LogP contribution in [0.5, 0.6) is 0 Å². The third-order valence-electron chi connectivity index (χ3n) is 1.93. The summed E-state index contributed by atoms with van der Waals surface area (Å²) in [5.74, 6) is -8.81. The quantitative estimate of drug-likeness (QED) is 0.246. The number of carboxylic acids is 3. The normalized spacial score (nSPS) is 14.6. The number of aliphatic carboxylic acids is 3. The van der Waals surface area contributed by atoms with E-state index in [4.69, 9.17) is 24.4 Å². The lowest BCUT2D eigenvalue weighted by Crippen LogP contribution is -2.65. The van der Waals surface area contributed by atoms with Crippen LogP contribution in [-0.2, 0) is 34.6 Å². The monoisotopic (exact) mass is 322 g/mol. The molecule has 1 atom stereocenters. The molecule has 0 rings (SSSR count).